The van der Waals surface area contributed by atoms with Crippen LogP contribution in [-0.4, -0.2) is 9.55 Å². The molecule has 0 saturated heterocycles. The van der Waals surface area contributed by atoms with Gasteiger partial charge in [0.25, 0.3) is 5.56 Å². The number of rotatable bonds is 1. The Morgan fingerprint density at radius 3 is 2.65 bits per heavy atom. The second-order valence-electron chi connectivity index (χ2n) is 4.21. The number of H-pyrrole nitrogens is 1. The fourth-order valence-corrected chi connectivity index (χ4v) is 2.33. The van der Waals surface area contributed by atoms with Crippen molar-refractivity contribution in [1.82, 2.24) is 9.55 Å². The number of aromatic nitrogens is 2. The van der Waals surface area contributed by atoms with Gasteiger partial charge in [0.15, 0.2) is 4.77 Å². The number of benzene rings is 2. The van der Waals surface area contributed by atoms with Crippen molar-refractivity contribution in [3.63, 3.8) is 0 Å². The molecule has 0 amide bonds. The Hall–Kier alpha value is -2.34. The Balaban J connectivity index is 2.46. The maximum atomic E-state index is 13.8. The van der Waals surface area contributed by atoms with E-state index in [2.05, 4.69) is 4.98 Å². The van der Waals surface area contributed by atoms with Crippen molar-refractivity contribution in [3.05, 3.63) is 69.2 Å². The van der Waals surface area contributed by atoms with Crippen LogP contribution in [0.5, 0.6) is 0 Å². The minimum atomic E-state index is -0.719. The smallest absolute Gasteiger partial charge is 0.266 e. The van der Waals surface area contributed by atoms with Crippen LogP contribution in [0.15, 0.2) is 47.3 Å². The monoisotopic (exact) mass is 290 g/mol. The molecule has 100 valence electrons. The van der Waals surface area contributed by atoms with E-state index in [9.17, 15) is 13.6 Å². The lowest BCUT2D eigenvalue weighted by atomic mass is 10.2. The molecule has 0 aliphatic carbocycles. The van der Waals surface area contributed by atoms with Gasteiger partial charge in [0, 0.05) is 6.07 Å². The Kier molecular flexibility index (Phi) is 2.94. The number of nitrogens with zero attached hydrogens (tertiary/aromatic N) is 1. The lowest BCUT2D eigenvalue weighted by Gasteiger charge is -2.09. The predicted molar refractivity (Wildman–Crippen MR) is 74.6 cm³/mol. The van der Waals surface area contributed by atoms with Crippen LogP contribution in [0.3, 0.4) is 0 Å². The normalized spacial score (nSPS) is 10.9. The van der Waals surface area contributed by atoms with Crippen LogP contribution in [0, 0.1) is 16.4 Å². The Bertz CT molecular complexity index is 930. The summed E-state index contributed by atoms with van der Waals surface area (Å²) in [6, 6.07) is 9.61. The highest BCUT2D eigenvalue weighted by atomic mass is 32.1. The van der Waals surface area contributed by atoms with Crippen molar-refractivity contribution < 1.29 is 8.78 Å². The first-order valence-corrected chi connectivity index (χ1v) is 6.18. The highest BCUT2D eigenvalue weighted by Crippen LogP contribution is 2.15. The van der Waals surface area contributed by atoms with Crippen molar-refractivity contribution in [2.45, 2.75) is 0 Å². The van der Waals surface area contributed by atoms with E-state index in [1.807, 2.05) is 0 Å². The summed E-state index contributed by atoms with van der Waals surface area (Å²) in [6.45, 7) is 0. The molecule has 0 aliphatic heterocycles. The van der Waals surface area contributed by atoms with Gasteiger partial charge in [-0.25, -0.2) is 13.3 Å². The van der Waals surface area contributed by atoms with Crippen LogP contribution in [-0.2, 0) is 0 Å². The lowest BCUT2D eigenvalue weighted by molar-refractivity contribution is 0.590. The van der Waals surface area contributed by atoms with Crippen LogP contribution >= 0.6 is 12.2 Å². The molecule has 6 heteroatoms. The molecule has 1 heterocycles. The van der Waals surface area contributed by atoms with Crippen molar-refractivity contribution in [1.29, 1.82) is 0 Å². The topological polar surface area (TPSA) is 37.8 Å². The first-order valence-electron chi connectivity index (χ1n) is 5.77. The summed E-state index contributed by atoms with van der Waals surface area (Å²) in [5, 5.41) is 0.352. The quantitative estimate of drug-likeness (QED) is 0.698. The maximum Gasteiger partial charge on any atom is 0.266 e. The second kappa shape index (κ2) is 4.64. The van der Waals surface area contributed by atoms with Crippen molar-refractivity contribution >= 4 is 23.1 Å². The zero-order valence-electron chi connectivity index (χ0n) is 10.1. The fraction of sp³-hybridized carbons (Fsp3) is 0. The molecule has 1 aromatic heterocycles. The van der Waals surface area contributed by atoms with Gasteiger partial charge in [0.1, 0.15) is 11.6 Å². The van der Waals surface area contributed by atoms with Gasteiger partial charge in [0.2, 0.25) is 0 Å². The summed E-state index contributed by atoms with van der Waals surface area (Å²) >= 11 is 5.07. The van der Waals surface area contributed by atoms with E-state index in [1.54, 1.807) is 24.3 Å². The number of aromatic amines is 1. The molecule has 0 saturated carbocycles. The molecule has 1 N–H and O–H groups in total. The molecule has 20 heavy (non-hydrogen) atoms. The van der Waals surface area contributed by atoms with Crippen LogP contribution in [0.2, 0.25) is 0 Å². The third-order valence-electron chi connectivity index (χ3n) is 2.95. The third kappa shape index (κ3) is 1.94. The average Bonchev–Trinajstić information content (AvgIpc) is 2.42. The van der Waals surface area contributed by atoms with Gasteiger partial charge in [-0.05, 0) is 36.5 Å². The Morgan fingerprint density at radius 1 is 1.10 bits per heavy atom. The van der Waals surface area contributed by atoms with Gasteiger partial charge in [-0.1, -0.05) is 12.1 Å². The van der Waals surface area contributed by atoms with Gasteiger partial charge in [-0.2, -0.15) is 0 Å². The summed E-state index contributed by atoms with van der Waals surface area (Å²) in [5.74, 6) is -1.36. The number of fused-ring (bicyclic) bond motifs is 1. The van der Waals surface area contributed by atoms with E-state index in [1.165, 1.54) is 0 Å². The molecule has 0 atom stereocenters. The number of nitrogens with one attached hydrogen (secondary N) is 1. The summed E-state index contributed by atoms with van der Waals surface area (Å²) in [7, 11) is 0. The molecule has 2 aromatic carbocycles. The standard InChI is InChI=1S/C14H8F2N2OS/c15-8-5-6-10(16)12(7-8)18-13(19)9-3-1-2-4-11(9)17-14(18)20/h1-7H,(H,17,20). The van der Waals surface area contributed by atoms with Crippen LogP contribution in [0.25, 0.3) is 16.6 Å². The molecular weight excluding hydrogens is 282 g/mol. The number of halogens is 2. The molecule has 3 nitrogen and oxygen atoms in total. The first kappa shape index (κ1) is 12.7. The molecule has 0 unspecified atom stereocenters. The summed E-state index contributed by atoms with van der Waals surface area (Å²) < 4.78 is 28.1. The molecule has 0 fully saturated rings. The van der Waals surface area contributed by atoms with Crippen LogP contribution < -0.4 is 5.56 Å². The van der Waals surface area contributed by atoms with Crippen LogP contribution in [0.1, 0.15) is 0 Å². The highest BCUT2D eigenvalue weighted by molar-refractivity contribution is 7.71. The second-order valence-corrected chi connectivity index (χ2v) is 4.60. The lowest BCUT2D eigenvalue weighted by Crippen LogP contribution is -2.21. The summed E-state index contributed by atoms with van der Waals surface area (Å²) in [4.78, 5) is 15.2. The molecule has 0 bridgehead atoms. The molecule has 0 spiro atoms. The van der Waals surface area contributed by atoms with E-state index in [0.29, 0.717) is 10.9 Å². The van der Waals surface area contributed by atoms with Gasteiger partial charge in [-0.15, -0.1) is 0 Å². The maximum absolute atomic E-state index is 13.8. The van der Waals surface area contributed by atoms with E-state index < -0.39 is 17.2 Å². The fourth-order valence-electron chi connectivity index (χ4n) is 2.04. The molecule has 3 rings (SSSR count). The zero-order chi connectivity index (χ0) is 14.3. The van der Waals surface area contributed by atoms with Gasteiger partial charge in [0.05, 0.1) is 16.6 Å². The average molecular weight is 290 g/mol. The largest absolute Gasteiger partial charge is 0.331 e. The third-order valence-corrected chi connectivity index (χ3v) is 3.24. The Labute approximate surface area is 117 Å². The number of para-hydroxylation sites is 1. The van der Waals surface area contributed by atoms with Crippen LogP contribution in [0.4, 0.5) is 8.78 Å². The molecule has 0 aliphatic rings. The summed E-state index contributed by atoms with van der Waals surface area (Å²) in [5.41, 5.74) is -0.147. The van der Waals surface area contributed by atoms with E-state index in [0.717, 1.165) is 22.8 Å². The van der Waals surface area contributed by atoms with Gasteiger partial charge >= 0.3 is 0 Å². The van der Waals surface area contributed by atoms with Crippen molar-refractivity contribution in [2.24, 2.45) is 0 Å². The van der Waals surface area contributed by atoms with E-state index >= 15 is 0 Å². The number of hydrogen-bond acceptors (Lipinski definition) is 2. The van der Waals surface area contributed by atoms with E-state index in [-0.39, 0.29) is 10.5 Å². The van der Waals surface area contributed by atoms with Gasteiger partial charge in [-0.3, -0.25) is 4.79 Å². The Morgan fingerprint density at radius 2 is 1.85 bits per heavy atom. The molecule has 3 aromatic rings. The molecule has 0 radical (unpaired) electrons. The summed E-state index contributed by atoms with van der Waals surface area (Å²) in [6.07, 6.45) is 0. The minimum absolute atomic E-state index is 0.0122. The minimum Gasteiger partial charge on any atom is -0.331 e. The number of hydrogen-bond donors (Lipinski definition) is 1. The predicted octanol–water partition coefficient (Wildman–Crippen LogP) is 3.33. The van der Waals surface area contributed by atoms with E-state index in [4.69, 9.17) is 12.2 Å². The molecular formula is C14H8F2N2OS. The van der Waals surface area contributed by atoms with Crippen molar-refractivity contribution in [2.75, 3.05) is 0 Å². The van der Waals surface area contributed by atoms with Gasteiger partial charge < -0.3 is 4.98 Å². The van der Waals surface area contributed by atoms with Crippen molar-refractivity contribution in [3.8, 4) is 5.69 Å². The highest BCUT2D eigenvalue weighted by Gasteiger charge is 2.12. The SMILES string of the molecule is O=c1c2ccccc2[nH]c(=S)n1-c1cc(F)ccc1F. The first-order chi connectivity index (χ1) is 9.58. The zero-order valence-corrected chi connectivity index (χ0v) is 10.9.